The average molecular weight is 208 g/mol. The van der Waals surface area contributed by atoms with Crippen molar-refractivity contribution in [2.24, 2.45) is 0 Å². The number of hydrogen-bond acceptors (Lipinski definition) is 1. The number of hydrogen-bond donors (Lipinski definition) is 2. The fourth-order valence-electron chi connectivity index (χ4n) is 0.622. The molecule has 0 saturated carbocycles. The first-order valence-corrected chi connectivity index (χ1v) is 5.42. The Morgan fingerprint density at radius 2 is 1.55 bits per heavy atom. The molecule has 0 spiro atoms. The molecule has 1 rings (SSSR count). The molecule has 0 radical (unpaired) electrons. The van der Waals surface area contributed by atoms with Gasteiger partial charge in [-0.25, -0.2) is 0 Å². The Labute approximate surface area is 74.1 Å². The van der Waals surface area contributed by atoms with Gasteiger partial charge in [0.2, 0.25) is 6.49 Å². The molecule has 0 aliphatic carbocycles. The predicted molar refractivity (Wildman–Crippen MR) is 55.9 cm³/mol. The van der Waals surface area contributed by atoms with Crippen molar-refractivity contribution in [1.82, 2.24) is 0 Å². The Kier molecular flexibility index (Phi) is 4.38. The summed E-state index contributed by atoms with van der Waals surface area (Å²) in [5.41, 5.74) is 0. The van der Waals surface area contributed by atoms with Crippen LogP contribution in [-0.2, 0) is 11.8 Å². The van der Waals surface area contributed by atoms with Crippen LogP contribution in [0, 0.1) is 0 Å². The van der Waals surface area contributed by atoms with E-state index >= 15 is 0 Å². The van der Waals surface area contributed by atoms with E-state index in [-0.39, 0.29) is 9.90 Å². The fourth-order valence-corrected chi connectivity index (χ4v) is 1.55. The van der Waals surface area contributed by atoms with Crippen LogP contribution in [0.3, 0.4) is 0 Å². The zero-order valence-corrected chi connectivity index (χ0v) is 8.97. The maximum atomic E-state index is 8.97. The summed E-state index contributed by atoms with van der Waals surface area (Å²) in [6.45, 7) is -3.18. The van der Waals surface area contributed by atoms with Crippen LogP contribution >= 0.6 is 16.4 Å². The summed E-state index contributed by atoms with van der Waals surface area (Å²) < 4.78 is 0. The molecule has 1 aromatic carbocycles. The third-order valence-corrected chi connectivity index (χ3v) is 2.70. The van der Waals surface area contributed by atoms with E-state index in [0.717, 1.165) is 0 Å². The van der Waals surface area contributed by atoms with E-state index in [4.69, 9.17) is 9.79 Å². The van der Waals surface area contributed by atoms with Crippen LogP contribution in [0.15, 0.2) is 30.3 Å². The van der Waals surface area contributed by atoms with E-state index < -0.39 is 6.49 Å². The molecule has 0 fully saturated rings. The molecule has 2 nitrogen and oxygen atoms in total. The van der Waals surface area contributed by atoms with Crippen molar-refractivity contribution >= 4 is 33.5 Å². The van der Waals surface area contributed by atoms with Crippen LogP contribution in [0.2, 0.25) is 0 Å². The van der Waals surface area contributed by atoms with E-state index in [2.05, 4.69) is 11.8 Å². The summed E-state index contributed by atoms with van der Waals surface area (Å²) in [6.07, 6.45) is 0. The van der Waals surface area contributed by atoms with Crippen molar-refractivity contribution in [2.45, 2.75) is 0 Å². The minimum atomic E-state index is -3.18. The van der Waals surface area contributed by atoms with Gasteiger partial charge in [-0.1, -0.05) is 18.2 Å². The smallest absolute Gasteiger partial charge is 0.214 e. The van der Waals surface area contributed by atoms with Gasteiger partial charge >= 0.3 is 0 Å². The number of rotatable bonds is 1. The second-order valence-electron chi connectivity index (χ2n) is 1.88. The Balaban J connectivity index is 0.000001000. The van der Waals surface area contributed by atoms with Crippen molar-refractivity contribution in [3.8, 4) is 0 Å². The second-order valence-corrected chi connectivity index (χ2v) is 5.01. The Hall–Kier alpha value is 0.220. The zero-order valence-electron chi connectivity index (χ0n) is 5.84. The highest BCUT2D eigenvalue weighted by Crippen LogP contribution is 2.32. The Bertz CT molecular complexity index is 257. The zero-order chi connectivity index (χ0) is 7.61. The largest absolute Gasteiger partial charge is 0.342 e. The van der Waals surface area contributed by atoms with Crippen molar-refractivity contribution in [3.05, 3.63) is 30.3 Å². The summed E-state index contributed by atoms with van der Waals surface area (Å²) in [6, 6.07) is 8.47. The molecule has 0 amide bonds. The summed E-state index contributed by atoms with van der Waals surface area (Å²) in [5.74, 6) is 0. The molecule has 5 heteroatoms. The van der Waals surface area contributed by atoms with Crippen LogP contribution < -0.4 is 5.30 Å². The van der Waals surface area contributed by atoms with Gasteiger partial charge < -0.3 is 9.79 Å². The quantitative estimate of drug-likeness (QED) is 0.666. The SMILES string of the molecule is OP(O)(=S)c1ccccc1.P. The first kappa shape index (κ1) is 11.2. The van der Waals surface area contributed by atoms with E-state index in [9.17, 15) is 0 Å². The molecule has 0 saturated heterocycles. The van der Waals surface area contributed by atoms with Crippen LogP contribution in [0.5, 0.6) is 0 Å². The van der Waals surface area contributed by atoms with Crippen molar-refractivity contribution in [3.63, 3.8) is 0 Å². The summed E-state index contributed by atoms with van der Waals surface area (Å²) >= 11 is 4.47. The molecule has 1 aromatic rings. The van der Waals surface area contributed by atoms with E-state index in [0.29, 0.717) is 5.30 Å². The summed E-state index contributed by atoms with van der Waals surface area (Å²) in [7, 11) is 0. The maximum absolute atomic E-state index is 8.97. The normalized spacial score (nSPS) is 10.4. The van der Waals surface area contributed by atoms with Crippen LogP contribution in [0.25, 0.3) is 0 Å². The first-order valence-electron chi connectivity index (χ1n) is 2.72. The molecular formula is C6H10O2P2S. The molecular weight excluding hydrogens is 198 g/mol. The van der Waals surface area contributed by atoms with E-state index in [1.807, 2.05) is 0 Å². The lowest BCUT2D eigenvalue weighted by molar-refractivity contribution is 0.493. The summed E-state index contributed by atoms with van der Waals surface area (Å²) in [5, 5.41) is 0.435. The van der Waals surface area contributed by atoms with Gasteiger partial charge in [-0.3, -0.25) is 0 Å². The van der Waals surface area contributed by atoms with Gasteiger partial charge in [-0.05, 0) is 23.9 Å². The van der Waals surface area contributed by atoms with Gasteiger partial charge in [0.15, 0.2) is 0 Å². The van der Waals surface area contributed by atoms with Crippen molar-refractivity contribution in [1.29, 1.82) is 0 Å². The standard InChI is InChI=1S/C6H7O2PS.H3P/c7-9(8,10)6-4-2-1-3-5-6;/h1-5H,(H2,7,8,10);1H3. The third-order valence-electron chi connectivity index (χ3n) is 1.09. The van der Waals surface area contributed by atoms with Crippen LogP contribution in [-0.4, -0.2) is 9.79 Å². The maximum Gasteiger partial charge on any atom is 0.214 e. The van der Waals surface area contributed by atoms with Crippen LogP contribution in [0.1, 0.15) is 0 Å². The molecule has 2 N–H and O–H groups in total. The minimum absolute atomic E-state index is 0. The highest BCUT2D eigenvalue weighted by Gasteiger charge is 2.08. The molecule has 0 aromatic heterocycles. The molecule has 11 heavy (non-hydrogen) atoms. The van der Waals surface area contributed by atoms with Gasteiger partial charge in [0.25, 0.3) is 0 Å². The predicted octanol–water partition coefficient (Wildman–Crippen LogP) is 0.664. The molecule has 1 unspecified atom stereocenters. The number of benzene rings is 1. The summed E-state index contributed by atoms with van der Waals surface area (Å²) in [4.78, 5) is 17.9. The third kappa shape index (κ3) is 3.42. The van der Waals surface area contributed by atoms with Gasteiger partial charge in [0.1, 0.15) is 0 Å². The van der Waals surface area contributed by atoms with Crippen LogP contribution in [0.4, 0.5) is 0 Å². The Morgan fingerprint density at radius 1 is 1.09 bits per heavy atom. The van der Waals surface area contributed by atoms with Gasteiger partial charge in [-0.2, -0.15) is 9.90 Å². The Morgan fingerprint density at radius 3 is 1.82 bits per heavy atom. The lowest BCUT2D eigenvalue weighted by atomic mass is 10.4. The molecule has 0 aliphatic rings. The molecule has 0 aliphatic heterocycles. The molecule has 0 bridgehead atoms. The topological polar surface area (TPSA) is 40.5 Å². The highest BCUT2D eigenvalue weighted by atomic mass is 32.5. The highest BCUT2D eigenvalue weighted by molar-refractivity contribution is 8.12. The van der Waals surface area contributed by atoms with E-state index in [1.165, 1.54) is 0 Å². The van der Waals surface area contributed by atoms with Gasteiger partial charge in [-0.15, -0.1) is 0 Å². The molecule has 1 atom stereocenters. The van der Waals surface area contributed by atoms with Gasteiger partial charge in [0, 0.05) is 5.30 Å². The average Bonchev–Trinajstić information content (AvgIpc) is 1.88. The monoisotopic (exact) mass is 208 g/mol. The fraction of sp³-hybridized carbons (Fsp3) is 0. The first-order chi connectivity index (χ1) is 4.61. The lowest BCUT2D eigenvalue weighted by Gasteiger charge is -2.05. The molecule has 62 valence electrons. The second kappa shape index (κ2) is 4.30. The molecule has 0 heterocycles. The minimum Gasteiger partial charge on any atom is -0.342 e. The van der Waals surface area contributed by atoms with E-state index in [1.54, 1.807) is 30.3 Å². The van der Waals surface area contributed by atoms with Crippen molar-refractivity contribution in [2.75, 3.05) is 0 Å². The lowest BCUT2D eigenvalue weighted by Crippen LogP contribution is -2.00. The van der Waals surface area contributed by atoms with Gasteiger partial charge in [0.05, 0.1) is 0 Å². The van der Waals surface area contributed by atoms with Crippen molar-refractivity contribution < 1.29 is 9.79 Å².